The largest absolute Gasteiger partial charge is 0.494 e. The first-order valence-electron chi connectivity index (χ1n) is 7.87. The Kier molecular flexibility index (Phi) is 4.93. The molecule has 3 aromatic rings. The predicted molar refractivity (Wildman–Crippen MR) is 96.9 cm³/mol. The molecule has 1 aromatic heterocycles. The smallest absolute Gasteiger partial charge is 0.272 e. The van der Waals surface area contributed by atoms with Crippen LogP contribution < -0.4 is 10.3 Å². The van der Waals surface area contributed by atoms with Crippen LogP contribution in [-0.4, -0.2) is 17.3 Å². The van der Waals surface area contributed by atoms with Crippen molar-refractivity contribution < 1.29 is 13.5 Å². The molecule has 2 aromatic carbocycles. The van der Waals surface area contributed by atoms with Crippen LogP contribution in [0.1, 0.15) is 16.8 Å². The molecule has 0 radical (unpaired) electrons. The second-order valence-electron chi connectivity index (χ2n) is 5.64. The van der Waals surface area contributed by atoms with Crippen LogP contribution in [-0.2, 0) is 0 Å². The molecule has 132 valence electrons. The number of methoxy groups -OCH3 is 1. The molecule has 0 atom stereocenters. The summed E-state index contributed by atoms with van der Waals surface area (Å²) in [5, 5.41) is 6.33. The third-order valence-corrected chi connectivity index (χ3v) is 3.94. The average molecular weight is 354 g/mol. The Bertz CT molecular complexity index is 1040. The van der Waals surface area contributed by atoms with Gasteiger partial charge in [0.05, 0.1) is 18.4 Å². The number of aromatic amines is 1. The van der Waals surface area contributed by atoms with Gasteiger partial charge in [-0.3, -0.25) is 4.79 Å². The molecule has 0 amide bonds. The molecular weight excluding hydrogens is 338 g/mol. The summed E-state index contributed by atoms with van der Waals surface area (Å²) >= 11 is 0. The van der Waals surface area contributed by atoms with Crippen molar-refractivity contribution in [2.75, 3.05) is 7.11 Å². The number of hydrogen-bond acceptors (Lipinski definition) is 3. The number of H-pyrrole nitrogens is 1. The van der Waals surface area contributed by atoms with Crippen LogP contribution in [0, 0.1) is 18.6 Å². The lowest BCUT2D eigenvalue weighted by Crippen LogP contribution is -2.15. The van der Waals surface area contributed by atoms with E-state index in [2.05, 4.69) is 10.2 Å². The standard InChI is InChI=1S/C20H16F2N2O2/c1-12-18(15-7-4-8-17(26-2)19(15)22)16(20(25)24-23-12)10-9-13-5-3-6-14(21)11-13/h3-11H,1-2H3,(H,24,25). The molecule has 1 heterocycles. The molecule has 4 nitrogen and oxygen atoms in total. The molecule has 0 saturated carbocycles. The number of hydrogen-bond donors (Lipinski definition) is 1. The molecular formula is C20H16F2N2O2. The topological polar surface area (TPSA) is 55.0 Å². The molecule has 6 heteroatoms. The second-order valence-corrected chi connectivity index (χ2v) is 5.64. The fourth-order valence-electron chi connectivity index (χ4n) is 2.71. The van der Waals surface area contributed by atoms with Crippen LogP contribution >= 0.6 is 0 Å². The van der Waals surface area contributed by atoms with Crippen LogP contribution in [0.4, 0.5) is 8.78 Å². The maximum atomic E-state index is 14.7. The zero-order valence-electron chi connectivity index (χ0n) is 14.2. The molecule has 0 spiro atoms. The SMILES string of the molecule is COc1cccc(-c2c(C)n[nH]c(=O)c2C=Cc2cccc(F)c2)c1F. The molecule has 0 aliphatic carbocycles. The summed E-state index contributed by atoms with van der Waals surface area (Å²) < 4.78 is 33.1. The van der Waals surface area contributed by atoms with Gasteiger partial charge < -0.3 is 4.74 Å². The number of benzene rings is 2. The summed E-state index contributed by atoms with van der Waals surface area (Å²) in [6, 6.07) is 10.6. The van der Waals surface area contributed by atoms with Gasteiger partial charge in [-0.15, -0.1) is 0 Å². The monoisotopic (exact) mass is 354 g/mol. The second kappa shape index (κ2) is 7.31. The molecule has 0 fully saturated rings. The highest BCUT2D eigenvalue weighted by molar-refractivity contribution is 5.82. The first-order valence-corrected chi connectivity index (χ1v) is 7.87. The van der Waals surface area contributed by atoms with Gasteiger partial charge in [0.15, 0.2) is 11.6 Å². The van der Waals surface area contributed by atoms with Gasteiger partial charge in [-0.1, -0.05) is 30.3 Å². The number of ether oxygens (including phenoxy) is 1. The lowest BCUT2D eigenvalue weighted by atomic mass is 9.98. The Morgan fingerprint density at radius 2 is 1.88 bits per heavy atom. The predicted octanol–water partition coefficient (Wildman–Crippen LogP) is 4.20. The number of halogens is 2. The number of nitrogens with one attached hydrogen (secondary N) is 1. The highest BCUT2D eigenvalue weighted by atomic mass is 19.1. The molecule has 26 heavy (non-hydrogen) atoms. The average Bonchev–Trinajstić information content (AvgIpc) is 2.63. The van der Waals surface area contributed by atoms with Gasteiger partial charge in [0, 0.05) is 11.1 Å². The van der Waals surface area contributed by atoms with Crippen molar-refractivity contribution in [1.82, 2.24) is 10.2 Å². The van der Waals surface area contributed by atoms with Crippen molar-refractivity contribution in [3.05, 3.63) is 81.3 Å². The Morgan fingerprint density at radius 1 is 1.12 bits per heavy atom. The van der Waals surface area contributed by atoms with E-state index in [4.69, 9.17) is 4.74 Å². The van der Waals surface area contributed by atoms with E-state index in [0.29, 0.717) is 16.8 Å². The maximum Gasteiger partial charge on any atom is 0.272 e. The minimum absolute atomic E-state index is 0.0715. The van der Waals surface area contributed by atoms with Gasteiger partial charge in [0.2, 0.25) is 0 Å². The van der Waals surface area contributed by atoms with Crippen LogP contribution in [0.5, 0.6) is 5.75 Å². The van der Waals surface area contributed by atoms with Crippen molar-refractivity contribution in [1.29, 1.82) is 0 Å². The van der Waals surface area contributed by atoms with Crippen LogP contribution in [0.25, 0.3) is 23.3 Å². The normalized spacial score (nSPS) is 11.1. The number of aryl methyl sites for hydroxylation is 1. The van der Waals surface area contributed by atoms with Gasteiger partial charge in [0.25, 0.3) is 5.56 Å². The summed E-state index contributed by atoms with van der Waals surface area (Å²) in [5.74, 6) is -0.890. The Balaban J connectivity index is 2.19. The fourth-order valence-corrected chi connectivity index (χ4v) is 2.71. The zero-order valence-corrected chi connectivity index (χ0v) is 14.2. The van der Waals surface area contributed by atoms with Crippen molar-refractivity contribution >= 4 is 12.2 Å². The molecule has 0 aliphatic heterocycles. The highest BCUT2D eigenvalue weighted by Gasteiger charge is 2.17. The molecule has 1 N–H and O–H groups in total. The number of nitrogens with zero attached hydrogens (tertiary/aromatic N) is 1. The molecule has 0 unspecified atom stereocenters. The zero-order chi connectivity index (χ0) is 18.7. The molecule has 0 saturated heterocycles. The van der Waals surface area contributed by atoms with Gasteiger partial charge in [-0.2, -0.15) is 5.10 Å². The van der Waals surface area contributed by atoms with Crippen LogP contribution in [0.15, 0.2) is 47.3 Å². The molecule has 3 rings (SSSR count). The highest BCUT2D eigenvalue weighted by Crippen LogP contribution is 2.32. The molecule has 0 aliphatic rings. The third kappa shape index (κ3) is 3.39. The summed E-state index contributed by atoms with van der Waals surface area (Å²) in [6.45, 7) is 1.67. The van der Waals surface area contributed by atoms with Crippen LogP contribution in [0.2, 0.25) is 0 Å². The van der Waals surface area contributed by atoms with Crippen molar-refractivity contribution in [2.24, 2.45) is 0 Å². The Labute approximate surface area is 148 Å². The van der Waals surface area contributed by atoms with Crippen molar-refractivity contribution in [3.8, 4) is 16.9 Å². The summed E-state index contributed by atoms with van der Waals surface area (Å²) in [4.78, 5) is 12.3. The minimum atomic E-state index is -0.578. The van der Waals surface area contributed by atoms with Crippen LogP contribution in [0.3, 0.4) is 0 Å². The van der Waals surface area contributed by atoms with E-state index >= 15 is 0 Å². The van der Waals surface area contributed by atoms with E-state index in [1.165, 1.54) is 31.4 Å². The van der Waals surface area contributed by atoms with Gasteiger partial charge in [-0.05, 0) is 36.8 Å². The lowest BCUT2D eigenvalue weighted by Gasteiger charge is -2.11. The van der Waals surface area contributed by atoms with Gasteiger partial charge in [0.1, 0.15) is 5.82 Å². The quantitative estimate of drug-likeness (QED) is 0.764. The van der Waals surface area contributed by atoms with E-state index in [1.54, 1.807) is 37.3 Å². The van der Waals surface area contributed by atoms with E-state index in [1.807, 2.05) is 0 Å². The Morgan fingerprint density at radius 3 is 2.62 bits per heavy atom. The van der Waals surface area contributed by atoms with Crippen molar-refractivity contribution in [3.63, 3.8) is 0 Å². The van der Waals surface area contributed by atoms with E-state index < -0.39 is 11.4 Å². The first kappa shape index (κ1) is 17.5. The van der Waals surface area contributed by atoms with Gasteiger partial charge >= 0.3 is 0 Å². The fraction of sp³-hybridized carbons (Fsp3) is 0.100. The maximum absolute atomic E-state index is 14.7. The van der Waals surface area contributed by atoms with E-state index in [-0.39, 0.29) is 22.7 Å². The third-order valence-electron chi connectivity index (χ3n) is 3.94. The first-order chi connectivity index (χ1) is 12.5. The van der Waals surface area contributed by atoms with Gasteiger partial charge in [-0.25, -0.2) is 13.9 Å². The summed E-state index contributed by atoms with van der Waals surface area (Å²) in [7, 11) is 1.37. The lowest BCUT2D eigenvalue weighted by molar-refractivity contribution is 0.387. The van der Waals surface area contributed by atoms with Crippen molar-refractivity contribution in [2.45, 2.75) is 6.92 Å². The summed E-state index contributed by atoms with van der Waals surface area (Å²) in [6.07, 6.45) is 3.12. The number of aromatic nitrogens is 2. The summed E-state index contributed by atoms with van der Waals surface area (Å²) in [5.41, 5.74) is 1.36. The number of rotatable bonds is 4. The van der Waals surface area contributed by atoms with E-state index in [0.717, 1.165) is 0 Å². The minimum Gasteiger partial charge on any atom is -0.494 e. The molecule has 0 bridgehead atoms. The van der Waals surface area contributed by atoms with E-state index in [9.17, 15) is 13.6 Å². The Hall–Kier alpha value is -3.28.